The normalized spacial score (nSPS) is 11.8. The first-order chi connectivity index (χ1) is 13.2. The van der Waals surface area contributed by atoms with Crippen molar-refractivity contribution in [3.63, 3.8) is 0 Å². The first kappa shape index (κ1) is 20.1. The van der Waals surface area contributed by atoms with Crippen molar-refractivity contribution < 1.29 is 22.4 Å². The van der Waals surface area contributed by atoms with Crippen LogP contribution in [0.2, 0.25) is 5.02 Å². The Hall–Kier alpha value is -2.69. The van der Waals surface area contributed by atoms with Crippen molar-refractivity contribution in [1.82, 2.24) is 29.3 Å². The van der Waals surface area contributed by atoms with Gasteiger partial charge in [0.25, 0.3) is 18.8 Å². The zero-order chi connectivity index (χ0) is 20.6. The quantitative estimate of drug-likeness (QED) is 0.572. The fourth-order valence-electron chi connectivity index (χ4n) is 2.59. The number of aryl methyl sites for hydroxylation is 1. The average Bonchev–Trinajstić information content (AvgIpc) is 3.23. The molecule has 3 heterocycles. The fourth-order valence-corrected chi connectivity index (χ4v) is 2.80. The van der Waals surface area contributed by atoms with Crippen LogP contribution in [0.15, 0.2) is 18.3 Å². The van der Waals surface area contributed by atoms with Crippen LogP contribution in [-0.4, -0.2) is 42.2 Å². The molecule has 7 nitrogen and oxygen atoms in total. The zero-order valence-corrected chi connectivity index (χ0v) is 15.5. The van der Waals surface area contributed by atoms with Crippen LogP contribution >= 0.6 is 11.6 Å². The molecule has 0 radical (unpaired) electrons. The number of alkyl halides is 4. The Morgan fingerprint density at radius 1 is 1.21 bits per heavy atom. The number of halogens is 5. The highest BCUT2D eigenvalue weighted by molar-refractivity contribution is 6.31. The standard InChI is InChI=1S/C16H15ClF4N6O/c1-3-26-6-8(17)11(23-26)7-25(2)16(28)10-5-13-22-9(14(18)19)4-12(15(20)21)27(13)24-10/h4-6,14-15H,3,7H2,1-2H3. The first-order valence-electron chi connectivity index (χ1n) is 8.15. The summed E-state index contributed by atoms with van der Waals surface area (Å²) in [6.07, 6.45) is -4.49. The van der Waals surface area contributed by atoms with Gasteiger partial charge in [-0.3, -0.25) is 9.48 Å². The van der Waals surface area contributed by atoms with Crippen LogP contribution in [0.5, 0.6) is 0 Å². The third-order valence-electron chi connectivity index (χ3n) is 3.99. The van der Waals surface area contributed by atoms with Gasteiger partial charge in [-0.1, -0.05) is 11.6 Å². The van der Waals surface area contributed by atoms with Crippen molar-refractivity contribution in [3.8, 4) is 0 Å². The van der Waals surface area contributed by atoms with Gasteiger partial charge in [0, 0.05) is 25.9 Å². The molecule has 0 spiro atoms. The second kappa shape index (κ2) is 7.74. The lowest BCUT2D eigenvalue weighted by molar-refractivity contribution is 0.0776. The van der Waals surface area contributed by atoms with E-state index >= 15 is 0 Å². The molecule has 12 heteroatoms. The molecule has 3 aromatic rings. The number of hydrogen-bond donors (Lipinski definition) is 0. The molecule has 0 aliphatic carbocycles. The van der Waals surface area contributed by atoms with Crippen LogP contribution in [0.25, 0.3) is 5.65 Å². The molecule has 0 unspecified atom stereocenters. The summed E-state index contributed by atoms with van der Waals surface area (Å²) < 4.78 is 54.6. The van der Waals surface area contributed by atoms with Gasteiger partial charge in [0.1, 0.15) is 17.1 Å². The molecule has 0 aliphatic heterocycles. The predicted octanol–water partition coefficient (Wildman–Crippen LogP) is 3.75. The molecule has 0 N–H and O–H groups in total. The minimum Gasteiger partial charge on any atom is -0.334 e. The number of fused-ring (bicyclic) bond motifs is 1. The Morgan fingerprint density at radius 2 is 1.93 bits per heavy atom. The Morgan fingerprint density at radius 3 is 2.50 bits per heavy atom. The maximum atomic E-state index is 13.2. The van der Waals surface area contributed by atoms with E-state index in [1.807, 2.05) is 6.92 Å². The Bertz CT molecular complexity index is 1020. The molecule has 0 saturated carbocycles. The van der Waals surface area contributed by atoms with Crippen molar-refractivity contribution in [2.45, 2.75) is 32.9 Å². The van der Waals surface area contributed by atoms with Gasteiger partial charge < -0.3 is 4.90 Å². The monoisotopic (exact) mass is 418 g/mol. The second-order valence-corrected chi connectivity index (χ2v) is 6.35. The van der Waals surface area contributed by atoms with Crippen LogP contribution in [0.4, 0.5) is 17.6 Å². The van der Waals surface area contributed by atoms with Crippen LogP contribution in [0, 0.1) is 0 Å². The lowest BCUT2D eigenvalue weighted by Crippen LogP contribution is -2.27. The number of hydrogen-bond acceptors (Lipinski definition) is 4. The Balaban J connectivity index is 1.92. The molecule has 150 valence electrons. The van der Waals surface area contributed by atoms with Gasteiger partial charge in [0.15, 0.2) is 11.3 Å². The van der Waals surface area contributed by atoms with Crippen molar-refractivity contribution in [1.29, 1.82) is 0 Å². The van der Waals surface area contributed by atoms with Gasteiger partial charge in [-0.25, -0.2) is 27.1 Å². The Kier molecular flexibility index (Phi) is 5.54. The van der Waals surface area contributed by atoms with E-state index in [9.17, 15) is 22.4 Å². The maximum absolute atomic E-state index is 13.2. The summed E-state index contributed by atoms with van der Waals surface area (Å²) in [5, 5.41) is 8.42. The van der Waals surface area contributed by atoms with Gasteiger partial charge in [0.05, 0.1) is 11.6 Å². The predicted molar refractivity (Wildman–Crippen MR) is 91.6 cm³/mol. The van der Waals surface area contributed by atoms with Crippen molar-refractivity contribution in [2.24, 2.45) is 0 Å². The van der Waals surface area contributed by atoms with Gasteiger partial charge >= 0.3 is 0 Å². The molecule has 0 atom stereocenters. The van der Waals surface area contributed by atoms with Crippen molar-refractivity contribution >= 4 is 23.2 Å². The number of carbonyl (C=O) groups excluding carboxylic acids is 1. The van der Waals surface area contributed by atoms with Crippen molar-refractivity contribution in [2.75, 3.05) is 7.05 Å². The minimum absolute atomic E-state index is 0.0515. The number of rotatable bonds is 6. The average molecular weight is 419 g/mol. The topological polar surface area (TPSA) is 68.3 Å². The molecule has 0 saturated heterocycles. The van der Waals surface area contributed by atoms with Gasteiger partial charge in [0.2, 0.25) is 0 Å². The minimum atomic E-state index is -3.07. The molecule has 3 rings (SSSR count). The van der Waals surface area contributed by atoms with E-state index < -0.39 is 30.1 Å². The summed E-state index contributed by atoms with van der Waals surface area (Å²) >= 11 is 6.08. The fraction of sp³-hybridized carbons (Fsp3) is 0.375. The lowest BCUT2D eigenvalue weighted by Gasteiger charge is -2.14. The molecule has 0 aromatic carbocycles. The highest BCUT2D eigenvalue weighted by atomic mass is 35.5. The largest absolute Gasteiger partial charge is 0.334 e. The molecule has 1 amide bonds. The summed E-state index contributed by atoms with van der Waals surface area (Å²) in [5.41, 5.74) is -1.61. The van der Waals surface area contributed by atoms with Gasteiger partial charge in [-0.2, -0.15) is 10.2 Å². The summed E-state index contributed by atoms with van der Waals surface area (Å²) in [6.45, 7) is 2.52. The van der Waals surface area contributed by atoms with Gasteiger partial charge in [-0.15, -0.1) is 0 Å². The molecule has 3 aromatic heterocycles. The van der Waals surface area contributed by atoms with Gasteiger partial charge in [-0.05, 0) is 13.0 Å². The van der Waals surface area contributed by atoms with Crippen LogP contribution in [0.3, 0.4) is 0 Å². The maximum Gasteiger partial charge on any atom is 0.280 e. The molecular weight excluding hydrogens is 404 g/mol. The lowest BCUT2D eigenvalue weighted by atomic mass is 10.3. The zero-order valence-electron chi connectivity index (χ0n) is 14.8. The van der Waals surface area contributed by atoms with E-state index in [0.29, 0.717) is 27.8 Å². The third-order valence-corrected chi connectivity index (χ3v) is 4.30. The summed E-state index contributed by atoms with van der Waals surface area (Å²) in [5.74, 6) is -0.619. The Labute approximate surface area is 161 Å². The van der Waals surface area contributed by atoms with E-state index in [0.717, 1.165) is 6.07 Å². The highest BCUT2D eigenvalue weighted by Gasteiger charge is 2.24. The molecule has 0 fully saturated rings. The van der Waals surface area contributed by atoms with E-state index in [-0.39, 0.29) is 17.9 Å². The second-order valence-electron chi connectivity index (χ2n) is 5.95. The van der Waals surface area contributed by atoms with E-state index in [4.69, 9.17) is 11.6 Å². The van der Waals surface area contributed by atoms with Crippen LogP contribution in [-0.2, 0) is 13.1 Å². The van der Waals surface area contributed by atoms with Crippen LogP contribution < -0.4 is 0 Å². The number of aromatic nitrogens is 5. The van der Waals surface area contributed by atoms with E-state index in [2.05, 4.69) is 15.2 Å². The molecule has 0 bridgehead atoms. The smallest absolute Gasteiger partial charge is 0.280 e. The number of nitrogens with zero attached hydrogens (tertiary/aromatic N) is 6. The summed E-state index contributed by atoms with van der Waals surface area (Å²) in [4.78, 5) is 17.5. The van der Waals surface area contributed by atoms with Crippen LogP contribution in [0.1, 0.15) is 47.3 Å². The molecular formula is C16H15ClF4N6O. The number of carbonyl (C=O) groups is 1. The number of amides is 1. The summed E-state index contributed by atoms with van der Waals surface area (Å²) in [6, 6.07) is 1.66. The third kappa shape index (κ3) is 3.79. The molecule has 0 aliphatic rings. The first-order valence-corrected chi connectivity index (χ1v) is 8.53. The van der Waals surface area contributed by atoms with E-state index in [1.54, 1.807) is 10.9 Å². The van der Waals surface area contributed by atoms with Crippen molar-refractivity contribution in [3.05, 3.63) is 46.1 Å². The molecule has 28 heavy (non-hydrogen) atoms. The van der Waals surface area contributed by atoms with E-state index in [1.165, 1.54) is 11.9 Å². The SMILES string of the molecule is CCn1cc(Cl)c(CN(C)C(=O)c2cc3nc(C(F)F)cc(C(F)F)n3n2)n1. The highest BCUT2D eigenvalue weighted by Crippen LogP contribution is 2.25. The summed E-state index contributed by atoms with van der Waals surface area (Å²) in [7, 11) is 1.46.